The Morgan fingerprint density at radius 1 is 1.05 bits per heavy atom. The second kappa shape index (κ2) is 6.75. The minimum atomic E-state index is -0.189. The molecule has 0 heterocycles. The van der Waals surface area contributed by atoms with Gasteiger partial charge in [-0.15, -0.1) is 0 Å². The van der Waals surface area contributed by atoms with E-state index in [1.807, 2.05) is 61.5 Å². The third-order valence-corrected chi connectivity index (χ3v) is 3.27. The Morgan fingerprint density at radius 2 is 1.70 bits per heavy atom. The van der Waals surface area contributed by atoms with E-state index in [1.54, 1.807) is 0 Å². The van der Waals surface area contributed by atoms with E-state index in [1.165, 1.54) is 5.56 Å². The number of urea groups is 1. The smallest absolute Gasteiger partial charge is 0.319 e. The number of aryl methyl sites for hydroxylation is 1. The number of carbonyl (C=O) groups excluding carboxylic acids is 1. The Hall–Kier alpha value is -2.29. The molecule has 0 radical (unpaired) electrons. The third kappa shape index (κ3) is 3.85. The van der Waals surface area contributed by atoms with E-state index >= 15 is 0 Å². The number of hydrogen-bond acceptors (Lipinski definition) is 1. The summed E-state index contributed by atoms with van der Waals surface area (Å²) in [7, 11) is 0. The van der Waals surface area contributed by atoms with E-state index in [9.17, 15) is 4.79 Å². The molecular weight excluding hydrogens is 248 g/mol. The number of rotatable bonds is 4. The Morgan fingerprint density at radius 3 is 2.30 bits per heavy atom. The van der Waals surface area contributed by atoms with Crippen molar-refractivity contribution < 1.29 is 4.79 Å². The first kappa shape index (κ1) is 14.1. The molecule has 0 saturated carbocycles. The summed E-state index contributed by atoms with van der Waals surface area (Å²) in [4.78, 5) is 11.9. The van der Waals surface area contributed by atoms with Crippen molar-refractivity contribution in [2.45, 2.75) is 26.3 Å². The van der Waals surface area contributed by atoms with Crippen molar-refractivity contribution in [2.75, 3.05) is 5.32 Å². The molecule has 0 unspecified atom stereocenters. The second-order valence-corrected chi connectivity index (χ2v) is 4.78. The van der Waals surface area contributed by atoms with E-state index in [2.05, 4.69) is 17.6 Å². The van der Waals surface area contributed by atoms with E-state index in [0.29, 0.717) is 0 Å². The van der Waals surface area contributed by atoms with Crippen molar-refractivity contribution >= 4 is 11.7 Å². The summed E-state index contributed by atoms with van der Waals surface area (Å²) >= 11 is 0. The van der Waals surface area contributed by atoms with Gasteiger partial charge in [0, 0.05) is 5.69 Å². The monoisotopic (exact) mass is 268 g/mol. The number of carbonyl (C=O) groups is 1. The highest BCUT2D eigenvalue weighted by molar-refractivity contribution is 5.89. The van der Waals surface area contributed by atoms with Crippen molar-refractivity contribution in [1.82, 2.24) is 5.32 Å². The van der Waals surface area contributed by atoms with Crippen LogP contribution in [-0.4, -0.2) is 6.03 Å². The van der Waals surface area contributed by atoms with Gasteiger partial charge < -0.3 is 10.6 Å². The van der Waals surface area contributed by atoms with Crippen LogP contribution in [0, 0.1) is 0 Å². The highest BCUT2D eigenvalue weighted by Gasteiger charge is 2.08. The molecule has 3 nitrogen and oxygen atoms in total. The molecule has 2 N–H and O–H groups in total. The fourth-order valence-electron chi connectivity index (χ4n) is 2.01. The van der Waals surface area contributed by atoms with Crippen molar-refractivity contribution in [3.63, 3.8) is 0 Å². The molecule has 0 fully saturated rings. The fourth-order valence-corrected chi connectivity index (χ4v) is 2.01. The fraction of sp³-hybridized carbons (Fsp3) is 0.235. The normalized spacial score (nSPS) is 11.7. The lowest BCUT2D eigenvalue weighted by molar-refractivity contribution is 0.249. The van der Waals surface area contributed by atoms with Crippen LogP contribution in [0.15, 0.2) is 54.6 Å². The van der Waals surface area contributed by atoms with Crippen molar-refractivity contribution in [1.29, 1.82) is 0 Å². The predicted octanol–water partition coefficient (Wildman–Crippen LogP) is 4.13. The highest BCUT2D eigenvalue weighted by Crippen LogP contribution is 2.13. The van der Waals surface area contributed by atoms with Crippen molar-refractivity contribution in [2.24, 2.45) is 0 Å². The molecule has 2 amide bonds. The molecule has 1 atom stereocenters. The first-order valence-electron chi connectivity index (χ1n) is 6.90. The molecule has 0 aromatic heterocycles. The average molecular weight is 268 g/mol. The van der Waals surface area contributed by atoms with Crippen LogP contribution in [0.4, 0.5) is 10.5 Å². The average Bonchev–Trinajstić information content (AvgIpc) is 2.49. The van der Waals surface area contributed by atoms with Gasteiger partial charge in [-0.1, -0.05) is 49.4 Å². The lowest BCUT2D eigenvalue weighted by atomic mass is 10.1. The van der Waals surface area contributed by atoms with Crippen LogP contribution < -0.4 is 10.6 Å². The zero-order valence-electron chi connectivity index (χ0n) is 11.9. The van der Waals surface area contributed by atoms with Gasteiger partial charge in [0.15, 0.2) is 0 Å². The summed E-state index contributed by atoms with van der Waals surface area (Å²) in [6.07, 6.45) is 0.998. The van der Waals surface area contributed by atoms with Gasteiger partial charge in [0.05, 0.1) is 6.04 Å². The molecule has 2 aromatic carbocycles. The third-order valence-electron chi connectivity index (χ3n) is 3.27. The number of nitrogens with one attached hydrogen (secondary N) is 2. The zero-order valence-corrected chi connectivity index (χ0v) is 11.9. The minimum Gasteiger partial charge on any atom is -0.331 e. The van der Waals surface area contributed by atoms with Gasteiger partial charge >= 0.3 is 6.03 Å². The van der Waals surface area contributed by atoms with Gasteiger partial charge in [-0.2, -0.15) is 0 Å². The molecule has 0 saturated heterocycles. The van der Waals surface area contributed by atoms with Crippen molar-refractivity contribution in [3.8, 4) is 0 Å². The number of benzene rings is 2. The van der Waals surface area contributed by atoms with Crippen molar-refractivity contribution in [3.05, 3.63) is 65.7 Å². The first-order valence-corrected chi connectivity index (χ1v) is 6.90. The summed E-state index contributed by atoms with van der Waals surface area (Å²) in [6.45, 7) is 4.08. The van der Waals surface area contributed by atoms with Crippen LogP contribution in [0.1, 0.15) is 31.0 Å². The Kier molecular flexibility index (Phi) is 4.77. The minimum absolute atomic E-state index is 0.0221. The summed E-state index contributed by atoms with van der Waals surface area (Å²) in [6, 6.07) is 17.6. The maximum absolute atomic E-state index is 11.9. The highest BCUT2D eigenvalue weighted by atomic mass is 16.2. The number of anilines is 1. The molecule has 0 aliphatic rings. The van der Waals surface area contributed by atoms with Gasteiger partial charge in [-0.3, -0.25) is 0 Å². The molecular formula is C17H20N2O. The maximum Gasteiger partial charge on any atom is 0.319 e. The van der Waals surface area contributed by atoms with E-state index in [-0.39, 0.29) is 12.1 Å². The molecule has 0 spiro atoms. The van der Waals surface area contributed by atoms with Gasteiger partial charge in [0.25, 0.3) is 0 Å². The SMILES string of the molecule is CCc1ccc(NC(=O)N[C@H](C)c2ccccc2)cc1. The Bertz CT molecular complexity index is 549. The predicted molar refractivity (Wildman–Crippen MR) is 82.8 cm³/mol. The largest absolute Gasteiger partial charge is 0.331 e. The molecule has 104 valence electrons. The Labute approximate surface area is 120 Å². The van der Waals surface area contributed by atoms with Gasteiger partial charge in [-0.25, -0.2) is 4.79 Å². The van der Waals surface area contributed by atoms with E-state index < -0.39 is 0 Å². The van der Waals surface area contributed by atoms with Crippen LogP contribution in [0.2, 0.25) is 0 Å². The van der Waals surface area contributed by atoms with Crippen LogP contribution in [-0.2, 0) is 6.42 Å². The molecule has 3 heteroatoms. The quantitative estimate of drug-likeness (QED) is 0.860. The summed E-state index contributed by atoms with van der Waals surface area (Å²) in [5, 5.41) is 5.77. The molecule has 2 rings (SSSR count). The molecule has 2 aromatic rings. The molecule has 0 aliphatic heterocycles. The lowest BCUT2D eigenvalue weighted by Gasteiger charge is -2.15. The van der Waals surface area contributed by atoms with Gasteiger partial charge in [-0.05, 0) is 36.6 Å². The maximum atomic E-state index is 11.9. The van der Waals surface area contributed by atoms with Crippen LogP contribution in [0.3, 0.4) is 0 Å². The van der Waals surface area contributed by atoms with Crippen LogP contribution >= 0.6 is 0 Å². The van der Waals surface area contributed by atoms with Crippen LogP contribution in [0.5, 0.6) is 0 Å². The molecule has 0 bridgehead atoms. The van der Waals surface area contributed by atoms with E-state index in [0.717, 1.165) is 17.7 Å². The zero-order chi connectivity index (χ0) is 14.4. The number of amides is 2. The summed E-state index contributed by atoms with van der Waals surface area (Å²) < 4.78 is 0. The second-order valence-electron chi connectivity index (χ2n) is 4.78. The van der Waals surface area contributed by atoms with Gasteiger partial charge in [0.2, 0.25) is 0 Å². The van der Waals surface area contributed by atoms with E-state index in [4.69, 9.17) is 0 Å². The lowest BCUT2D eigenvalue weighted by Crippen LogP contribution is -2.31. The topological polar surface area (TPSA) is 41.1 Å². The first-order chi connectivity index (χ1) is 9.69. The summed E-state index contributed by atoms with van der Waals surface area (Å²) in [5.41, 5.74) is 3.15. The molecule has 0 aliphatic carbocycles. The van der Waals surface area contributed by atoms with Crippen LogP contribution in [0.25, 0.3) is 0 Å². The number of hydrogen-bond donors (Lipinski definition) is 2. The molecule has 20 heavy (non-hydrogen) atoms. The standard InChI is InChI=1S/C17H20N2O/c1-3-14-9-11-16(12-10-14)19-17(20)18-13(2)15-7-5-4-6-8-15/h4-13H,3H2,1-2H3,(H2,18,19,20)/t13-/m1/s1. The van der Waals surface area contributed by atoms with Gasteiger partial charge in [0.1, 0.15) is 0 Å². The Balaban J connectivity index is 1.91. The summed E-state index contributed by atoms with van der Waals surface area (Å²) in [5.74, 6) is 0.